The summed E-state index contributed by atoms with van der Waals surface area (Å²) in [5.41, 5.74) is 0.471. The van der Waals surface area contributed by atoms with Gasteiger partial charge in [0, 0.05) is 0 Å². The summed E-state index contributed by atoms with van der Waals surface area (Å²) in [6.45, 7) is 1.64. The van der Waals surface area contributed by atoms with Crippen LogP contribution in [0.25, 0.3) is 0 Å². The summed E-state index contributed by atoms with van der Waals surface area (Å²) in [6, 6.07) is 4.79. The third kappa shape index (κ3) is 2.65. The van der Waals surface area contributed by atoms with Gasteiger partial charge in [-0.3, -0.25) is 0 Å². The Bertz CT molecular complexity index is 563. The number of aromatic nitrogens is 2. The Balaban J connectivity index is 2.38. The van der Waals surface area contributed by atoms with Gasteiger partial charge in [-0.15, -0.1) is 0 Å². The van der Waals surface area contributed by atoms with Gasteiger partial charge in [0.05, 0.1) is 6.20 Å². The number of benzene rings is 1. The van der Waals surface area contributed by atoms with E-state index < -0.39 is 5.82 Å². The third-order valence-electron chi connectivity index (χ3n) is 2.05. The summed E-state index contributed by atoms with van der Waals surface area (Å²) in [5.74, 6) is -0.392. The normalized spacial score (nSPS) is 10.4. The minimum atomic E-state index is -0.460. The Hall–Kier alpha value is -1.39. The minimum absolute atomic E-state index is 0.0162. The second-order valence-electron chi connectivity index (χ2n) is 3.28. The largest absolute Gasteiger partial charge is 0.434 e. The summed E-state index contributed by atoms with van der Waals surface area (Å²) in [5, 5.41) is 0.146. The average molecular weight is 273 g/mol. The van der Waals surface area contributed by atoms with E-state index in [4.69, 9.17) is 27.9 Å². The molecular formula is C11H7Cl2FN2O. The second kappa shape index (κ2) is 4.85. The van der Waals surface area contributed by atoms with Crippen LogP contribution >= 0.6 is 23.2 Å². The Labute approximate surface area is 107 Å². The highest BCUT2D eigenvalue weighted by Crippen LogP contribution is 2.29. The van der Waals surface area contributed by atoms with Crippen LogP contribution in [0.3, 0.4) is 0 Å². The fourth-order valence-electron chi connectivity index (χ4n) is 1.21. The molecule has 0 spiro atoms. The molecule has 1 heterocycles. The van der Waals surface area contributed by atoms with E-state index in [9.17, 15) is 4.39 Å². The molecule has 0 fully saturated rings. The Morgan fingerprint density at radius 3 is 2.82 bits per heavy atom. The van der Waals surface area contributed by atoms with Crippen LogP contribution in [-0.2, 0) is 0 Å². The molecule has 0 aliphatic heterocycles. The molecule has 0 aliphatic carbocycles. The van der Waals surface area contributed by atoms with Crippen LogP contribution in [0.4, 0.5) is 4.39 Å². The summed E-state index contributed by atoms with van der Waals surface area (Å²) in [7, 11) is 0. The first kappa shape index (κ1) is 12.1. The molecule has 0 aliphatic rings. The number of hydrogen-bond acceptors (Lipinski definition) is 3. The summed E-state index contributed by atoms with van der Waals surface area (Å²) in [4.78, 5) is 7.44. The van der Waals surface area contributed by atoms with Gasteiger partial charge in [-0.1, -0.05) is 23.7 Å². The second-order valence-corrected chi connectivity index (χ2v) is 4.03. The van der Waals surface area contributed by atoms with Crippen molar-refractivity contribution in [3.63, 3.8) is 0 Å². The maximum atomic E-state index is 13.7. The maximum absolute atomic E-state index is 13.7. The molecule has 1 aromatic carbocycles. The molecule has 17 heavy (non-hydrogen) atoms. The highest BCUT2D eigenvalue weighted by molar-refractivity contribution is 6.32. The lowest BCUT2D eigenvalue weighted by Crippen LogP contribution is -1.94. The lowest BCUT2D eigenvalue weighted by atomic mass is 10.2. The predicted octanol–water partition coefficient (Wildman–Crippen LogP) is 4.02. The monoisotopic (exact) mass is 272 g/mol. The molecule has 1 aromatic heterocycles. The lowest BCUT2D eigenvalue weighted by molar-refractivity contribution is 0.425. The Kier molecular flexibility index (Phi) is 3.45. The number of rotatable bonds is 2. The van der Waals surface area contributed by atoms with Crippen LogP contribution in [0.15, 0.2) is 24.4 Å². The van der Waals surface area contributed by atoms with Crippen LogP contribution in [0.2, 0.25) is 10.3 Å². The van der Waals surface area contributed by atoms with Gasteiger partial charge in [-0.25, -0.2) is 9.37 Å². The van der Waals surface area contributed by atoms with Gasteiger partial charge < -0.3 is 4.74 Å². The van der Waals surface area contributed by atoms with E-state index in [1.165, 1.54) is 12.3 Å². The van der Waals surface area contributed by atoms with E-state index in [1.807, 2.05) is 0 Å². The first-order valence-corrected chi connectivity index (χ1v) is 5.44. The lowest BCUT2D eigenvalue weighted by Gasteiger charge is -2.08. The molecule has 0 bridgehead atoms. The van der Waals surface area contributed by atoms with Crippen molar-refractivity contribution in [1.29, 1.82) is 0 Å². The standard InChI is InChI=1S/C11H7Cl2FN2O/c1-6-3-2-4-8(9(6)14)17-10-7(12)5-15-11(13)16-10/h2-5H,1H3. The van der Waals surface area contributed by atoms with Crippen LogP contribution in [-0.4, -0.2) is 9.97 Å². The van der Waals surface area contributed by atoms with E-state index in [0.717, 1.165) is 0 Å². The summed E-state index contributed by atoms with van der Waals surface area (Å²) >= 11 is 11.4. The molecule has 0 atom stereocenters. The first-order chi connectivity index (χ1) is 8.08. The molecule has 6 heteroatoms. The first-order valence-electron chi connectivity index (χ1n) is 4.69. The highest BCUT2D eigenvalue weighted by Gasteiger charge is 2.11. The van der Waals surface area contributed by atoms with Gasteiger partial charge in [-0.05, 0) is 30.2 Å². The van der Waals surface area contributed by atoms with Gasteiger partial charge in [0.2, 0.25) is 11.2 Å². The number of aryl methyl sites for hydroxylation is 1. The van der Waals surface area contributed by atoms with E-state index in [0.29, 0.717) is 5.56 Å². The molecular weight excluding hydrogens is 266 g/mol. The summed E-state index contributed by atoms with van der Waals surface area (Å²) < 4.78 is 18.9. The van der Waals surface area contributed by atoms with Crippen LogP contribution < -0.4 is 4.74 Å². The molecule has 0 unspecified atom stereocenters. The molecule has 0 saturated carbocycles. The van der Waals surface area contributed by atoms with Gasteiger partial charge in [0.1, 0.15) is 5.02 Å². The van der Waals surface area contributed by atoms with E-state index in [2.05, 4.69) is 9.97 Å². The number of hydrogen-bond donors (Lipinski definition) is 0. The van der Waals surface area contributed by atoms with Crippen LogP contribution in [0, 0.1) is 12.7 Å². The van der Waals surface area contributed by atoms with Gasteiger partial charge in [0.15, 0.2) is 11.6 Å². The van der Waals surface area contributed by atoms with Crippen molar-refractivity contribution in [2.24, 2.45) is 0 Å². The fraction of sp³-hybridized carbons (Fsp3) is 0.0909. The Morgan fingerprint density at radius 1 is 1.29 bits per heavy atom. The zero-order chi connectivity index (χ0) is 12.4. The van der Waals surface area contributed by atoms with Crippen LogP contribution in [0.5, 0.6) is 11.6 Å². The van der Waals surface area contributed by atoms with Crippen molar-refractivity contribution in [2.75, 3.05) is 0 Å². The third-order valence-corrected chi connectivity index (χ3v) is 2.49. The van der Waals surface area contributed by atoms with Crippen LogP contribution in [0.1, 0.15) is 5.56 Å². The zero-order valence-corrected chi connectivity index (χ0v) is 10.3. The van der Waals surface area contributed by atoms with Crippen molar-refractivity contribution >= 4 is 23.2 Å². The molecule has 2 rings (SSSR count). The van der Waals surface area contributed by atoms with Gasteiger partial charge in [0.25, 0.3) is 0 Å². The average Bonchev–Trinajstić information content (AvgIpc) is 2.30. The molecule has 0 saturated heterocycles. The molecule has 0 N–H and O–H groups in total. The topological polar surface area (TPSA) is 35.0 Å². The molecule has 2 aromatic rings. The highest BCUT2D eigenvalue weighted by atomic mass is 35.5. The van der Waals surface area contributed by atoms with Crippen molar-refractivity contribution in [3.05, 3.63) is 46.1 Å². The molecule has 0 radical (unpaired) electrons. The molecule has 0 amide bonds. The van der Waals surface area contributed by atoms with Crippen molar-refractivity contribution in [1.82, 2.24) is 9.97 Å². The number of halogens is 3. The minimum Gasteiger partial charge on any atom is -0.434 e. The Morgan fingerprint density at radius 2 is 2.06 bits per heavy atom. The fourth-order valence-corrected chi connectivity index (χ4v) is 1.46. The van der Waals surface area contributed by atoms with E-state index >= 15 is 0 Å². The summed E-state index contributed by atoms with van der Waals surface area (Å²) in [6.07, 6.45) is 1.29. The number of nitrogens with zero attached hydrogens (tertiary/aromatic N) is 2. The van der Waals surface area contributed by atoms with Crippen molar-refractivity contribution < 1.29 is 9.13 Å². The molecule has 3 nitrogen and oxygen atoms in total. The van der Waals surface area contributed by atoms with Gasteiger partial charge in [-0.2, -0.15) is 4.98 Å². The maximum Gasteiger partial charge on any atom is 0.242 e. The van der Waals surface area contributed by atoms with Crippen molar-refractivity contribution in [2.45, 2.75) is 6.92 Å². The smallest absolute Gasteiger partial charge is 0.242 e. The van der Waals surface area contributed by atoms with E-state index in [-0.39, 0.29) is 21.9 Å². The van der Waals surface area contributed by atoms with E-state index in [1.54, 1.807) is 19.1 Å². The predicted molar refractivity (Wildman–Crippen MR) is 63.3 cm³/mol. The van der Waals surface area contributed by atoms with Crippen molar-refractivity contribution in [3.8, 4) is 11.6 Å². The zero-order valence-electron chi connectivity index (χ0n) is 8.75. The van der Waals surface area contributed by atoms with Gasteiger partial charge >= 0.3 is 0 Å². The number of ether oxygens (including phenoxy) is 1. The quantitative estimate of drug-likeness (QED) is 0.775. The SMILES string of the molecule is Cc1cccc(Oc2nc(Cl)ncc2Cl)c1F. The molecule has 88 valence electrons.